The van der Waals surface area contributed by atoms with Gasteiger partial charge in [-0.15, -0.1) is 0 Å². The monoisotopic (exact) mass is 626 g/mol. The number of urea groups is 1. The van der Waals surface area contributed by atoms with E-state index < -0.39 is 0 Å². The molecule has 3 amide bonds. The van der Waals surface area contributed by atoms with Gasteiger partial charge in [-0.3, -0.25) is 14.2 Å². The van der Waals surface area contributed by atoms with Crippen LogP contribution in [-0.2, 0) is 6.42 Å². The largest absolute Gasteiger partial charge is 0.383 e. The fraction of sp³-hybridized carbons (Fsp3) is 0.147. The van der Waals surface area contributed by atoms with Gasteiger partial charge in [-0.1, -0.05) is 6.07 Å². The van der Waals surface area contributed by atoms with E-state index in [-0.39, 0.29) is 23.5 Å². The smallest absolute Gasteiger partial charge is 0.321 e. The lowest BCUT2D eigenvalue weighted by molar-refractivity contribution is 0.0936. The van der Waals surface area contributed by atoms with E-state index in [1.54, 1.807) is 43.3 Å². The standard InChI is InChI=1S/C34H30N10O3/c1-42(2)34(47)40-26-10-7-21(17-22(26)19-45)33(46)39-27-11-6-20-18-23(8-9-24(20)27)44-31(25-5-3-14-36-30(25)35)38-28-12-13-29(41-32(28)44)43-16-4-15-37-43/h3-5,7-10,12-19,27H,6,11H2,1-2H3,(H2,35,36)(H,39,46)(H,40,47)/t27-/m0/s1. The summed E-state index contributed by atoms with van der Waals surface area (Å²) in [6, 6.07) is 19.4. The minimum atomic E-state index is -0.374. The summed E-state index contributed by atoms with van der Waals surface area (Å²) < 4.78 is 3.66. The Morgan fingerprint density at radius 1 is 1.02 bits per heavy atom. The van der Waals surface area contributed by atoms with Crippen molar-refractivity contribution in [1.29, 1.82) is 0 Å². The maximum atomic E-state index is 13.3. The summed E-state index contributed by atoms with van der Waals surface area (Å²) in [5.74, 6) is 1.29. The summed E-state index contributed by atoms with van der Waals surface area (Å²) in [5, 5.41) is 10.1. The van der Waals surface area contributed by atoms with Gasteiger partial charge in [0.1, 0.15) is 11.3 Å². The number of nitrogen functional groups attached to an aromatic ring is 1. The van der Waals surface area contributed by atoms with E-state index >= 15 is 0 Å². The molecule has 1 aliphatic rings. The minimum absolute atomic E-state index is 0.214. The number of carbonyl (C=O) groups excluding carboxylic acids is 3. The molecule has 0 bridgehead atoms. The van der Waals surface area contributed by atoms with Gasteiger partial charge in [-0.25, -0.2) is 24.4 Å². The first-order valence-electron chi connectivity index (χ1n) is 14.9. The number of aldehydes is 1. The minimum Gasteiger partial charge on any atom is -0.383 e. The summed E-state index contributed by atoms with van der Waals surface area (Å²) in [5.41, 5.74) is 12.1. The molecule has 0 unspecified atom stereocenters. The van der Waals surface area contributed by atoms with Gasteiger partial charge in [0.2, 0.25) is 0 Å². The number of nitrogens with one attached hydrogen (secondary N) is 2. The highest BCUT2D eigenvalue weighted by molar-refractivity contribution is 6.00. The summed E-state index contributed by atoms with van der Waals surface area (Å²) in [4.78, 5) is 52.6. The molecule has 0 radical (unpaired) electrons. The van der Waals surface area contributed by atoms with Crippen molar-refractivity contribution < 1.29 is 14.4 Å². The summed E-state index contributed by atoms with van der Waals surface area (Å²) >= 11 is 0. The fourth-order valence-corrected chi connectivity index (χ4v) is 5.79. The van der Waals surface area contributed by atoms with Crippen molar-refractivity contribution in [1.82, 2.24) is 39.5 Å². The van der Waals surface area contributed by atoms with E-state index in [1.165, 1.54) is 11.0 Å². The second kappa shape index (κ2) is 11.9. The topological polar surface area (TPSA) is 166 Å². The number of carbonyl (C=O) groups is 3. The lowest BCUT2D eigenvalue weighted by Crippen LogP contribution is -2.28. The number of anilines is 2. The Kier molecular flexibility index (Phi) is 7.40. The first-order chi connectivity index (χ1) is 22.8. The van der Waals surface area contributed by atoms with Crippen molar-refractivity contribution in [2.24, 2.45) is 0 Å². The zero-order valence-corrected chi connectivity index (χ0v) is 25.6. The number of aromatic nitrogens is 6. The predicted molar refractivity (Wildman–Crippen MR) is 177 cm³/mol. The van der Waals surface area contributed by atoms with Crippen molar-refractivity contribution in [3.8, 4) is 22.9 Å². The maximum Gasteiger partial charge on any atom is 0.321 e. The van der Waals surface area contributed by atoms with Crippen LogP contribution < -0.4 is 16.4 Å². The molecule has 2 aromatic carbocycles. The number of fused-ring (bicyclic) bond motifs is 2. The zero-order valence-electron chi connectivity index (χ0n) is 25.6. The molecule has 6 aromatic rings. The van der Waals surface area contributed by atoms with E-state index in [0.29, 0.717) is 58.1 Å². The molecule has 0 fully saturated rings. The van der Waals surface area contributed by atoms with Crippen LogP contribution in [-0.4, -0.2) is 66.5 Å². The Hall–Kier alpha value is -6.37. The molecule has 234 valence electrons. The van der Waals surface area contributed by atoms with Gasteiger partial charge in [0, 0.05) is 49.5 Å². The van der Waals surface area contributed by atoms with E-state index in [9.17, 15) is 14.4 Å². The Bertz CT molecular complexity index is 2170. The number of rotatable bonds is 7. The Balaban J connectivity index is 1.21. The molecule has 4 N–H and O–H groups in total. The van der Waals surface area contributed by atoms with Crippen LogP contribution in [0.2, 0.25) is 0 Å². The Morgan fingerprint density at radius 2 is 1.89 bits per heavy atom. The van der Waals surface area contributed by atoms with E-state index in [2.05, 4.69) is 26.8 Å². The van der Waals surface area contributed by atoms with Crippen molar-refractivity contribution in [2.45, 2.75) is 18.9 Å². The third kappa shape index (κ3) is 5.43. The number of benzene rings is 2. The van der Waals surface area contributed by atoms with Crippen molar-refractivity contribution in [2.75, 3.05) is 25.1 Å². The second-order valence-corrected chi connectivity index (χ2v) is 11.4. The number of nitrogens with zero attached hydrogens (tertiary/aromatic N) is 7. The Labute approximate surface area is 269 Å². The number of hydrogen-bond acceptors (Lipinski definition) is 8. The molecule has 7 rings (SSSR count). The zero-order chi connectivity index (χ0) is 32.7. The average molecular weight is 627 g/mol. The molecule has 1 atom stereocenters. The molecule has 4 aromatic heterocycles. The van der Waals surface area contributed by atoms with Crippen LogP contribution in [0.25, 0.3) is 34.1 Å². The normalized spacial score (nSPS) is 13.7. The number of aryl methyl sites for hydroxylation is 1. The van der Waals surface area contributed by atoms with E-state index in [1.807, 2.05) is 53.2 Å². The molecule has 13 nitrogen and oxygen atoms in total. The van der Waals surface area contributed by atoms with Crippen LogP contribution >= 0.6 is 0 Å². The molecule has 1 aliphatic carbocycles. The quantitative estimate of drug-likeness (QED) is 0.217. The molecule has 13 heteroatoms. The second-order valence-electron chi connectivity index (χ2n) is 11.4. The van der Waals surface area contributed by atoms with Gasteiger partial charge in [0.15, 0.2) is 23.6 Å². The molecule has 0 saturated heterocycles. The summed E-state index contributed by atoms with van der Waals surface area (Å²) in [6.07, 6.45) is 7.23. The maximum absolute atomic E-state index is 13.3. The summed E-state index contributed by atoms with van der Waals surface area (Å²) in [6.45, 7) is 0. The third-order valence-corrected chi connectivity index (χ3v) is 8.16. The van der Waals surface area contributed by atoms with Crippen molar-refractivity contribution in [3.05, 3.63) is 108 Å². The summed E-state index contributed by atoms with van der Waals surface area (Å²) in [7, 11) is 3.20. The van der Waals surface area contributed by atoms with E-state index in [4.69, 9.17) is 15.7 Å². The van der Waals surface area contributed by atoms with Gasteiger partial charge >= 0.3 is 6.03 Å². The number of hydrogen-bond donors (Lipinski definition) is 3. The van der Waals surface area contributed by atoms with Gasteiger partial charge in [-0.05, 0) is 84.6 Å². The first kappa shape index (κ1) is 29.3. The third-order valence-electron chi connectivity index (χ3n) is 8.16. The van der Waals surface area contributed by atoms with Gasteiger partial charge in [-0.2, -0.15) is 5.10 Å². The molecular formula is C34H30N10O3. The highest BCUT2D eigenvalue weighted by Gasteiger charge is 2.27. The molecule has 0 aliphatic heterocycles. The van der Waals surface area contributed by atoms with Gasteiger partial charge in [0.05, 0.1) is 17.3 Å². The SMILES string of the molecule is CN(C)C(=O)Nc1ccc(C(=O)N[C@H]2CCc3cc(-n4c(-c5cccnc5N)nc5ccc(-n6cccn6)nc54)ccc32)cc1C=O. The first-order valence-corrected chi connectivity index (χ1v) is 14.9. The number of imidazole rings is 1. The molecule has 0 saturated carbocycles. The Morgan fingerprint density at radius 3 is 2.66 bits per heavy atom. The van der Waals surface area contributed by atoms with Crippen LogP contribution in [0, 0.1) is 0 Å². The van der Waals surface area contributed by atoms with Crippen LogP contribution in [0.4, 0.5) is 16.3 Å². The molecular weight excluding hydrogens is 596 g/mol. The van der Waals surface area contributed by atoms with Crippen molar-refractivity contribution >= 4 is 40.9 Å². The van der Waals surface area contributed by atoms with E-state index in [0.717, 1.165) is 23.2 Å². The molecule has 4 heterocycles. The van der Waals surface area contributed by atoms with Crippen LogP contribution in [0.5, 0.6) is 0 Å². The molecule has 0 spiro atoms. The lowest BCUT2D eigenvalue weighted by atomic mass is 10.1. The van der Waals surface area contributed by atoms with Crippen LogP contribution in [0.1, 0.15) is 44.3 Å². The number of nitrogens with two attached hydrogens (primary N) is 1. The number of pyridine rings is 2. The van der Waals surface area contributed by atoms with Gasteiger partial charge < -0.3 is 21.3 Å². The molecule has 47 heavy (non-hydrogen) atoms. The van der Waals surface area contributed by atoms with Crippen molar-refractivity contribution in [3.63, 3.8) is 0 Å². The van der Waals surface area contributed by atoms with Gasteiger partial charge in [0.25, 0.3) is 5.91 Å². The average Bonchev–Trinajstić information content (AvgIpc) is 3.84. The van der Waals surface area contributed by atoms with Crippen LogP contribution in [0.3, 0.4) is 0 Å². The lowest BCUT2D eigenvalue weighted by Gasteiger charge is -2.17. The highest BCUT2D eigenvalue weighted by atomic mass is 16.2. The number of amides is 3. The fourth-order valence-electron chi connectivity index (χ4n) is 5.79. The highest BCUT2D eigenvalue weighted by Crippen LogP contribution is 2.36. The van der Waals surface area contributed by atoms with Crippen LogP contribution in [0.15, 0.2) is 85.3 Å². The predicted octanol–water partition coefficient (Wildman–Crippen LogP) is 4.57.